The molecule has 0 aliphatic carbocycles. The van der Waals surface area contributed by atoms with Crippen LogP contribution in [0.3, 0.4) is 0 Å². The number of nitrogens with zero attached hydrogens (tertiary/aromatic N) is 5. The molecular weight excluding hydrogens is 472 g/mol. The van der Waals surface area contributed by atoms with Crippen molar-refractivity contribution in [1.82, 2.24) is 19.6 Å². The Morgan fingerprint density at radius 3 is 2.49 bits per heavy atom. The molecule has 0 atom stereocenters. The summed E-state index contributed by atoms with van der Waals surface area (Å²) >= 11 is 0. The molecule has 2 aromatic carbocycles. The lowest BCUT2D eigenvalue weighted by Gasteiger charge is -2.26. The van der Waals surface area contributed by atoms with Crippen molar-refractivity contribution in [3.63, 3.8) is 0 Å². The molecule has 0 radical (unpaired) electrons. The van der Waals surface area contributed by atoms with Crippen molar-refractivity contribution in [2.45, 2.75) is 33.6 Å². The van der Waals surface area contributed by atoms with Gasteiger partial charge in [0.1, 0.15) is 17.5 Å². The molecule has 0 aliphatic rings. The largest absolute Gasteiger partial charge is 0.317 e. The zero-order valence-corrected chi connectivity index (χ0v) is 18.8. The fourth-order valence-corrected chi connectivity index (χ4v) is 3.49. The van der Waals surface area contributed by atoms with Gasteiger partial charge in [-0.15, -0.1) is 10.2 Å². The van der Waals surface area contributed by atoms with E-state index in [0.29, 0.717) is 11.3 Å². The molecule has 0 amide bonds. The van der Waals surface area contributed by atoms with Crippen LogP contribution in [0.25, 0.3) is 16.7 Å². The van der Waals surface area contributed by atoms with Crippen LogP contribution in [0.1, 0.15) is 25.2 Å². The maximum Gasteiger partial charge on any atom is 0.257 e. The minimum atomic E-state index is -2.93. The van der Waals surface area contributed by atoms with Crippen LogP contribution in [0.2, 0.25) is 0 Å². The molecule has 35 heavy (non-hydrogen) atoms. The highest BCUT2D eigenvalue weighted by molar-refractivity contribution is 5.93. The summed E-state index contributed by atoms with van der Waals surface area (Å²) in [6.45, 7) is 3.06. The molecule has 2 aromatic heterocycles. The highest BCUT2D eigenvalue weighted by Gasteiger charge is 2.28. The van der Waals surface area contributed by atoms with E-state index in [0.717, 1.165) is 11.0 Å². The average molecular weight is 491 g/mol. The minimum Gasteiger partial charge on any atom is -0.317 e. The van der Waals surface area contributed by atoms with Crippen LogP contribution in [-0.4, -0.2) is 39.0 Å². The van der Waals surface area contributed by atoms with E-state index in [1.165, 1.54) is 48.6 Å². The van der Waals surface area contributed by atoms with E-state index in [9.17, 15) is 22.0 Å². The number of hydrogen-bond donors (Lipinski definition) is 0. The average Bonchev–Trinajstić information content (AvgIpc) is 3.17. The lowest BCUT2D eigenvalue weighted by Crippen LogP contribution is -2.26. The van der Waals surface area contributed by atoms with Crippen molar-refractivity contribution in [3.8, 4) is 11.8 Å². The SMILES string of the molecule is Cc1nnc2nc(N(CC(F)F)c3cccc(C#CC(C)(C)C(F)F)c3F)c3cc(F)ccc3n12. The molecule has 0 saturated carbocycles. The summed E-state index contributed by atoms with van der Waals surface area (Å²) in [5.74, 6) is 3.37. The molecule has 11 heteroatoms. The number of rotatable bonds is 5. The standard InChI is InChI=1S/C24H19F6N5/c1-13-32-33-23-31-21(16-11-15(25)7-8-17(16)35(13)23)34(12-19(26)27)18-6-4-5-14(20(18)28)9-10-24(2,3)22(29)30/h4-8,11,19,22H,12H2,1-3H3. The number of anilines is 2. The lowest BCUT2D eigenvalue weighted by atomic mass is 9.94. The number of halogens is 6. The number of aryl methyl sites for hydroxylation is 1. The number of fused-ring (bicyclic) bond motifs is 3. The molecule has 0 spiro atoms. The summed E-state index contributed by atoms with van der Waals surface area (Å²) in [5, 5.41) is 7.98. The summed E-state index contributed by atoms with van der Waals surface area (Å²) in [6.07, 6.45) is -5.71. The highest BCUT2D eigenvalue weighted by Crippen LogP contribution is 2.35. The lowest BCUT2D eigenvalue weighted by molar-refractivity contribution is 0.0570. The van der Waals surface area contributed by atoms with Crippen molar-refractivity contribution in [2.24, 2.45) is 5.41 Å². The van der Waals surface area contributed by atoms with Crippen LogP contribution in [0.5, 0.6) is 0 Å². The zero-order chi connectivity index (χ0) is 25.5. The third-order valence-electron chi connectivity index (χ3n) is 5.36. The Hall–Kier alpha value is -3.81. The molecule has 5 nitrogen and oxygen atoms in total. The molecule has 182 valence electrons. The smallest absolute Gasteiger partial charge is 0.257 e. The van der Waals surface area contributed by atoms with Gasteiger partial charge in [0.25, 0.3) is 18.6 Å². The highest BCUT2D eigenvalue weighted by atomic mass is 19.3. The van der Waals surface area contributed by atoms with Gasteiger partial charge in [0.05, 0.1) is 28.7 Å². The summed E-state index contributed by atoms with van der Waals surface area (Å²) in [4.78, 5) is 5.19. The van der Waals surface area contributed by atoms with Gasteiger partial charge in [-0.1, -0.05) is 17.9 Å². The van der Waals surface area contributed by atoms with Crippen molar-refractivity contribution in [1.29, 1.82) is 0 Å². The molecule has 0 saturated heterocycles. The summed E-state index contributed by atoms with van der Waals surface area (Å²) < 4.78 is 84.9. The van der Waals surface area contributed by atoms with E-state index in [-0.39, 0.29) is 28.2 Å². The molecule has 0 bridgehead atoms. The molecule has 4 rings (SSSR count). The second-order valence-electron chi connectivity index (χ2n) is 8.39. The van der Waals surface area contributed by atoms with Crippen LogP contribution >= 0.6 is 0 Å². The first-order valence-corrected chi connectivity index (χ1v) is 10.5. The van der Waals surface area contributed by atoms with Crippen molar-refractivity contribution in [3.05, 3.63) is 59.4 Å². The number of benzene rings is 2. The van der Waals surface area contributed by atoms with Gasteiger partial charge >= 0.3 is 0 Å². The third kappa shape index (κ3) is 4.60. The summed E-state index contributed by atoms with van der Waals surface area (Å²) in [7, 11) is 0. The minimum absolute atomic E-state index is 0.0471. The quantitative estimate of drug-likeness (QED) is 0.257. The Morgan fingerprint density at radius 1 is 1.06 bits per heavy atom. The Bertz CT molecular complexity index is 1470. The molecule has 2 heterocycles. The van der Waals surface area contributed by atoms with Crippen LogP contribution in [0, 0.1) is 35.8 Å². The van der Waals surface area contributed by atoms with E-state index < -0.39 is 36.4 Å². The molecule has 0 unspecified atom stereocenters. The van der Waals surface area contributed by atoms with Crippen molar-refractivity contribution < 1.29 is 26.3 Å². The van der Waals surface area contributed by atoms with Crippen LogP contribution in [0.15, 0.2) is 36.4 Å². The Morgan fingerprint density at radius 2 is 1.80 bits per heavy atom. The van der Waals surface area contributed by atoms with Gasteiger partial charge in [-0.2, -0.15) is 4.98 Å². The van der Waals surface area contributed by atoms with E-state index in [1.54, 1.807) is 6.92 Å². The number of aromatic nitrogens is 4. The first-order chi connectivity index (χ1) is 16.5. The maximum atomic E-state index is 15.5. The van der Waals surface area contributed by atoms with E-state index in [1.807, 2.05) is 0 Å². The second-order valence-corrected chi connectivity index (χ2v) is 8.39. The van der Waals surface area contributed by atoms with E-state index in [4.69, 9.17) is 0 Å². The summed E-state index contributed by atoms with van der Waals surface area (Å²) in [5.41, 5.74) is -1.92. The van der Waals surface area contributed by atoms with Crippen LogP contribution in [0.4, 0.5) is 37.8 Å². The van der Waals surface area contributed by atoms with Gasteiger partial charge in [0, 0.05) is 5.39 Å². The van der Waals surface area contributed by atoms with E-state index >= 15 is 4.39 Å². The van der Waals surface area contributed by atoms with Gasteiger partial charge in [0.15, 0.2) is 5.82 Å². The number of hydrogen-bond acceptors (Lipinski definition) is 4. The fraction of sp³-hybridized carbons (Fsp3) is 0.292. The third-order valence-corrected chi connectivity index (χ3v) is 5.36. The first kappa shape index (κ1) is 24.3. The first-order valence-electron chi connectivity index (χ1n) is 10.5. The molecule has 4 aromatic rings. The van der Waals surface area contributed by atoms with Gasteiger partial charge < -0.3 is 4.90 Å². The molecule has 0 N–H and O–H groups in total. The van der Waals surface area contributed by atoms with Crippen LogP contribution in [-0.2, 0) is 0 Å². The van der Waals surface area contributed by atoms with Crippen molar-refractivity contribution >= 4 is 28.2 Å². The number of alkyl halides is 4. The Labute approximate surface area is 196 Å². The maximum absolute atomic E-state index is 15.5. The predicted octanol–water partition coefficient (Wildman–Crippen LogP) is 5.91. The van der Waals surface area contributed by atoms with Gasteiger partial charge in [0.2, 0.25) is 0 Å². The predicted molar refractivity (Wildman–Crippen MR) is 119 cm³/mol. The molecule has 0 aliphatic heterocycles. The Balaban J connectivity index is 1.96. The monoisotopic (exact) mass is 491 g/mol. The normalized spacial score (nSPS) is 12.0. The second kappa shape index (κ2) is 9.09. The Kier molecular flexibility index (Phi) is 6.32. The van der Waals surface area contributed by atoms with Gasteiger partial charge in [-0.3, -0.25) is 4.40 Å². The summed E-state index contributed by atoms with van der Waals surface area (Å²) in [6, 6.07) is 7.55. The molecular formula is C24H19F6N5. The molecule has 0 fully saturated rings. The van der Waals surface area contributed by atoms with Gasteiger partial charge in [-0.25, -0.2) is 26.3 Å². The topological polar surface area (TPSA) is 46.3 Å². The zero-order valence-electron chi connectivity index (χ0n) is 18.8. The fourth-order valence-electron chi connectivity index (χ4n) is 3.49. The van der Waals surface area contributed by atoms with Crippen LogP contribution < -0.4 is 4.90 Å². The van der Waals surface area contributed by atoms with Crippen molar-refractivity contribution in [2.75, 3.05) is 11.4 Å². The van der Waals surface area contributed by atoms with Gasteiger partial charge in [-0.05, 0) is 51.1 Å². The van der Waals surface area contributed by atoms with E-state index in [2.05, 4.69) is 27.0 Å².